The number of aryl methyl sites for hydroxylation is 2. The first-order valence-electron chi connectivity index (χ1n) is 10.7. The molecule has 180 valence electrons. The molecule has 0 heterocycles. The lowest BCUT2D eigenvalue weighted by atomic mass is 9.95. The molecule has 8 heteroatoms. The fourth-order valence-electron chi connectivity index (χ4n) is 3.60. The summed E-state index contributed by atoms with van der Waals surface area (Å²) < 4.78 is 27.0. The summed E-state index contributed by atoms with van der Waals surface area (Å²) in [5.41, 5.74) is 2.33. The zero-order valence-electron chi connectivity index (χ0n) is 20.2. The number of hydrogen-bond acceptors (Lipinski definition) is 7. The highest BCUT2D eigenvalue weighted by Crippen LogP contribution is 2.38. The highest BCUT2D eigenvalue weighted by atomic mass is 16.5. The molecule has 2 rings (SSSR count). The second-order valence-electron chi connectivity index (χ2n) is 7.41. The van der Waals surface area contributed by atoms with Crippen LogP contribution in [0.2, 0.25) is 0 Å². The van der Waals surface area contributed by atoms with Crippen LogP contribution in [0.5, 0.6) is 28.7 Å². The molecule has 0 aliphatic rings. The molecule has 0 aromatic heterocycles. The SMILES string of the molecule is COc1cc(CCCNC(C)=O)c(C(=O)CCc2cc(OC)c(OC)c(OC)c2)cc1OC. The van der Waals surface area contributed by atoms with Crippen LogP contribution in [0.3, 0.4) is 0 Å². The highest BCUT2D eigenvalue weighted by molar-refractivity contribution is 5.98. The van der Waals surface area contributed by atoms with Crippen molar-refractivity contribution in [3.63, 3.8) is 0 Å². The van der Waals surface area contributed by atoms with E-state index >= 15 is 0 Å². The predicted molar refractivity (Wildman–Crippen MR) is 125 cm³/mol. The van der Waals surface area contributed by atoms with E-state index in [4.69, 9.17) is 23.7 Å². The van der Waals surface area contributed by atoms with Gasteiger partial charge < -0.3 is 29.0 Å². The normalized spacial score (nSPS) is 10.4. The van der Waals surface area contributed by atoms with Crippen molar-refractivity contribution in [3.05, 3.63) is 41.0 Å². The molecule has 33 heavy (non-hydrogen) atoms. The van der Waals surface area contributed by atoms with Crippen molar-refractivity contribution in [2.75, 3.05) is 42.1 Å². The molecule has 1 N–H and O–H groups in total. The van der Waals surface area contributed by atoms with Gasteiger partial charge in [-0.15, -0.1) is 0 Å². The molecule has 0 saturated carbocycles. The van der Waals surface area contributed by atoms with Gasteiger partial charge in [-0.25, -0.2) is 0 Å². The van der Waals surface area contributed by atoms with Gasteiger partial charge in [-0.05, 0) is 54.7 Å². The topological polar surface area (TPSA) is 92.3 Å². The van der Waals surface area contributed by atoms with E-state index in [1.807, 2.05) is 18.2 Å². The molecule has 0 aliphatic carbocycles. The van der Waals surface area contributed by atoms with Gasteiger partial charge in [0, 0.05) is 25.5 Å². The fourth-order valence-corrected chi connectivity index (χ4v) is 3.60. The number of ketones is 1. The van der Waals surface area contributed by atoms with Crippen molar-refractivity contribution in [2.45, 2.75) is 32.6 Å². The Morgan fingerprint density at radius 2 is 1.33 bits per heavy atom. The van der Waals surface area contributed by atoms with E-state index in [1.54, 1.807) is 41.6 Å². The van der Waals surface area contributed by atoms with Crippen molar-refractivity contribution in [2.24, 2.45) is 0 Å². The molecule has 1 amide bonds. The van der Waals surface area contributed by atoms with Crippen LogP contribution in [0.15, 0.2) is 24.3 Å². The molecule has 0 fully saturated rings. The fraction of sp³-hybridized carbons (Fsp3) is 0.440. The molecule has 2 aromatic carbocycles. The Kier molecular flexibility index (Phi) is 9.84. The summed E-state index contributed by atoms with van der Waals surface area (Å²) in [7, 11) is 7.77. The Morgan fingerprint density at radius 1 is 0.758 bits per heavy atom. The maximum atomic E-state index is 13.2. The number of methoxy groups -OCH3 is 5. The van der Waals surface area contributed by atoms with Gasteiger partial charge in [-0.1, -0.05) is 0 Å². The number of Topliss-reactive ketones (excluding diaryl/α,β-unsaturated/α-hetero) is 1. The van der Waals surface area contributed by atoms with Crippen molar-refractivity contribution in [1.82, 2.24) is 5.32 Å². The lowest BCUT2D eigenvalue weighted by molar-refractivity contribution is -0.118. The Labute approximate surface area is 195 Å². The largest absolute Gasteiger partial charge is 0.493 e. The van der Waals surface area contributed by atoms with Gasteiger partial charge in [-0.3, -0.25) is 9.59 Å². The monoisotopic (exact) mass is 459 g/mol. The van der Waals surface area contributed by atoms with Crippen LogP contribution in [0, 0.1) is 0 Å². The molecule has 0 unspecified atom stereocenters. The Hall–Kier alpha value is -3.42. The number of amides is 1. The first kappa shape index (κ1) is 25.8. The molecule has 0 radical (unpaired) electrons. The summed E-state index contributed by atoms with van der Waals surface area (Å²) in [6.07, 6.45) is 2.09. The smallest absolute Gasteiger partial charge is 0.216 e. The quantitative estimate of drug-likeness (QED) is 0.361. The van der Waals surface area contributed by atoms with Crippen LogP contribution in [-0.4, -0.2) is 53.8 Å². The van der Waals surface area contributed by atoms with Crippen LogP contribution in [0.25, 0.3) is 0 Å². The highest BCUT2D eigenvalue weighted by Gasteiger charge is 2.18. The third kappa shape index (κ3) is 6.78. The van der Waals surface area contributed by atoms with Crippen LogP contribution in [0.1, 0.15) is 41.3 Å². The van der Waals surface area contributed by atoms with Gasteiger partial charge in [0.15, 0.2) is 28.8 Å². The van der Waals surface area contributed by atoms with Gasteiger partial charge in [0.25, 0.3) is 0 Å². The van der Waals surface area contributed by atoms with Gasteiger partial charge in [0.05, 0.1) is 35.5 Å². The van der Waals surface area contributed by atoms with E-state index in [-0.39, 0.29) is 18.1 Å². The predicted octanol–water partition coefficient (Wildman–Crippen LogP) is 3.61. The number of carbonyl (C=O) groups is 2. The third-order valence-corrected chi connectivity index (χ3v) is 5.27. The summed E-state index contributed by atoms with van der Waals surface area (Å²) >= 11 is 0. The van der Waals surface area contributed by atoms with E-state index in [1.165, 1.54) is 6.92 Å². The first-order valence-corrected chi connectivity index (χ1v) is 10.7. The maximum absolute atomic E-state index is 13.2. The minimum absolute atomic E-state index is 0.0146. The van der Waals surface area contributed by atoms with Crippen LogP contribution >= 0.6 is 0 Å². The molecule has 0 spiro atoms. The minimum Gasteiger partial charge on any atom is -0.493 e. The zero-order valence-corrected chi connectivity index (χ0v) is 20.2. The molecule has 8 nitrogen and oxygen atoms in total. The second kappa shape index (κ2) is 12.6. The van der Waals surface area contributed by atoms with E-state index in [2.05, 4.69) is 5.32 Å². The standard InChI is InChI=1S/C25H33NO7/c1-16(27)26-11-7-8-18-14-21(29-2)22(30-3)15-19(18)20(28)10-9-17-12-23(31-4)25(33-6)24(13-17)32-5/h12-15H,7-11H2,1-6H3,(H,26,27). The first-order chi connectivity index (χ1) is 15.9. The Bertz CT molecular complexity index is 946. The Morgan fingerprint density at radius 3 is 1.85 bits per heavy atom. The number of hydrogen-bond donors (Lipinski definition) is 1. The summed E-state index contributed by atoms with van der Waals surface area (Å²) in [6.45, 7) is 2.01. The van der Waals surface area contributed by atoms with E-state index in [0.717, 1.165) is 11.1 Å². The summed E-state index contributed by atoms with van der Waals surface area (Å²) in [5, 5.41) is 2.78. The van der Waals surface area contributed by atoms with Crippen molar-refractivity contribution in [3.8, 4) is 28.7 Å². The molecule has 0 aliphatic heterocycles. The number of ether oxygens (including phenoxy) is 5. The molecule has 0 saturated heterocycles. The van der Waals surface area contributed by atoms with E-state index in [9.17, 15) is 9.59 Å². The third-order valence-electron chi connectivity index (χ3n) is 5.27. The zero-order chi connectivity index (χ0) is 24.4. The number of nitrogens with one attached hydrogen (secondary N) is 1. The molecule has 0 atom stereocenters. The van der Waals surface area contributed by atoms with Crippen LogP contribution in [0.4, 0.5) is 0 Å². The molecular weight excluding hydrogens is 426 g/mol. The average molecular weight is 460 g/mol. The number of benzene rings is 2. The summed E-state index contributed by atoms with van der Waals surface area (Å²) in [6, 6.07) is 7.25. The second-order valence-corrected chi connectivity index (χ2v) is 7.41. The van der Waals surface area contributed by atoms with Crippen LogP contribution in [-0.2, 0) is 17.6 Å². The summed E-state index contributed by atoms with van der Waals surface area (Å²) in [4.78, 5) is 24.4. The van der Waals surface area contributed by atoms with Crippen molar-refractivity contribution in [1.29, 1.82) is 0 Å². The lowest BCUT2D eigenvalue weighted by Gasteiger charge is -2.16. The maximum Gasteiger partial charge on any atom is 0.216 e. The Balaban J connectivity index is 2.26. The van der Waals surface area contributed by atoms with Gasteiger partial charge >= 0.3 is 0 Å². The summed E-state index contributed by atoms with van der Waals surface area (Å²) in [5.74, 6) is 2.57. The van der Waals surface area contributed by atoms with Gasteiger partial charge in [0.1, 0.15) is 0 Å². The minimum atomic E-state index is -0.0797. The lowest BCUT2D eigenvalue weighted by Crippen LogP contribution is -2.21. The van der Waals surface area contributed by atoms with Gasteiger partial charge in [0.2, 0.25) is 11.7 Å². The van der Waals surface area contributed by atoms with E-state index < -0.39 is 0 Å². The molecule has 2 aromatic rings. The van der Waals surface area contributed by atoms with E-state index in [0.29, 0.717) is 60.1 Å². The number of carbonyl (C=O) groups excluding carboxylic acids is 2. The van der Waals surface area contributed by atoms with Crippen molar-refractivity contribution < 1.29 is 33.3 Å². The molecule has 0 bridgehead atoms. The van der Waals surface area contributed by atoms with Crippen LogP contribution < -0.4 is 29.0 Å². The van der Waals surface area contributed by atoms with Gasteiger partial charge in [-0.2, -0.15) is 0 Å². The number of rotatable bonds is 13. The molecular formula is C25H33NO7. The average Bonchev–Trinajstić information content (AvgIpc) is 2.83. The van der Waals surface area contributed by atoms with Crippen molar-refractivity contribution >= 4 is 11.7 Å².